The van der Waals surface area contributed by atoms with Crippen LogP contribution < -0.4 is 15.0 Å². The lowest BCUT2D eigenvalue weighted by Gasteiger charge is -2.32. The second kappa shape index (κ2) is 11.6. The molecule has 4 aromatic heterocycles. The third-order valence-electron chi connectivity index (χ3n) is 6.87. The number of pyridine rings is 1. The second-order valence-electron chi connectivity index (χ2n) is 11.3. The van der Waals surface area contributed by atoms with E-state index < -0.39 is 11.4 Å². The van der Waals surface area contributed by atoms with Crippen LogP contribution in [0.1, 0.15) is 40.0 Å². The van der Waals surface area contributed by atoms with Crippen LogP contribution in [0.3, 0.4) is 0 Å². The minimum Gasteiger partial charge on any atom is -0.460 e. The number of hydrogen-bond donors (Lipinski definition) is 1. The highest BCUT2D eigenvalue weighted by Crippen LogP contribution is 2.36. The SMILES string of the molecule is CC(C)(C)OC(=O)CC1CCN(c2ncc3ncnc(Nc4cc(F)c(Oc5ccn6ncnc6c5)c(Cl)c4)c3n2)CC1. The zero-order valence-corrected chi connectivity index (χ0v) is 24.5. The molecule has 0 bridgehead atoms. The predicted octanol–water partition coefficient (Wildman–Crippen LogP) is 5.74. The monoisotopic (exact) mass is 605 g/mol. The number of carbonyl (C=O) groups is 1. The molecule has 12 nitrogen and oxygen atoms in total. The summed E-state index contributed by atoms with van der Waals surface area (Å²) in [6, 6.07) is 6.07. The maximum absolute atomic E-state index is 15.2. The molecule has 1 aliphatic rings. The average molecular weight is 606 g/mol. The van der Waals surface area contributed by atoms with Crippen LogP contribution in [0.25, 0.3) is 16.7 Å². The quantitative estimate of drug-likeness (QED) is 0.228. The van der Waals surface area contributed by atoms with Crippen molar-refractivity contribution in [3.63, 3.8) is 0 Å². The molecule has 14 heteroatoms. The van der Waals surface area contributed by atoms with Crippen molar-refractivity contribution in [3.05, 3.63) is 60.2 Å². The van der Waals surface area contributed by atoms with E-state index >= 15 is 4.39 Å². The zero-order valence-electron chi connectivity index (χ0n) is 23.8. The Bertz CT molecular complexity index is 1780. The van der Waals surface area contributed by atoms with E-state index in [-0.39, 0.29) is 22.7 Å². The molecule has 1 aliphatic heterocycles. The summed E-state index contributed by atoms with van der Waals surface area (Å²) in [5, 5.41) is 7.20. The Kier molecular flexibility index (Phi) is 7.65. The summed E-state index contributed by atoms with van der Waals surface area (Å²) in [6.45, 7) is 7.00. The first-order valence-corrected chi connectivity index (χ1v) is 14.2. The van der Waals surface area contributed by atoms with Gasteiger partial charge < -0.3 is 19.7 Å². The molecule has 0 aliphatic carbocycles. The molecule has 222 valence electrons. The van der Waals surface area contributed by atoms with Gasteiger partial charge in [-0.2, -0.15) is 5.10 Å². The zero-order chi connectivity index (χ0) is 30.1. The molecule has 1 N–H and O–H groups in total. The molecule has 0 amide bonds. The Labute approximate surface area is 251 Å². The van der Waals surface area contributed by atoms with Crippen molar-refractivity contribution >= 4 is 51.7 Å². The van der Waals surface area contributed by atoms with Crippen molar-refractivity contribution in [1.29, 1.82) is 0 Å². The fourth-order valence-electron chi connectivity index (χ4n) is 4.89. The van der Waals surface area contributed by atoms with Gasteiger partial charge in [-0.3, -0.25) is 4.79 Å². The number of fused-ring (bicyclic) bond motifs is 2. The summed E-state index contributed by atoms with van der Waals surface area (Å²) in [7, 11) is 0. The summed E-state index contributed by atoms with van der Waals surface area (Å²) in [5.41, 5.74) is 1.41. The summed E-state index contributed by atoms with van der Waals surface area (Å²) in [4.78, 5) is 36.3. The Morgan fingerprint density at radius 1 is 1.12 bits per heavy atom. The van der Waals surface area contributed by atoms with Crippen molar-refractivity contribution < 1.29 is 18.7 Å². The van der Waals surface area contributed by atoms with Crippen LogP contribution in [0.15, 0.2) is 49.3 Å². The van der Waals surface area contributed by atoms with E-state index in [9.17, 15) is 4.79 Å². The number of ether oxygens (including phenoxy) is 2. The van der Waals surface area contributed by atoms with E-state index in [0.717, 1.165) is 12.8 Å². The van der Waals surface area contributed by atoms with E-state index in [4.69, 9.17) is 26.1 Å². The molecule has 0 radical (unpaired) electrons. The van der Waals surface area contributed by atoms with Gasteiger partial charge in [0.05, 0.1) is 11.2 Å². The van der Waals surface area contributed by atoms with E-state index in [1.165, 1.54) is 18.7 Å². The van der Waals surface area contributed by atoms with Gasteiger partial charge in [0.1, 0.15) is 35.0 Å². The molecular weight excluding hydrogens is 577 g/mol. The molecule has 0 unspecified atom stereocenters. The topological polar surface area (TPSA) is 133 Å². The fraction of sp³-hybridized carbons (Fsp3) is 0.345. The van der Waals surface area contributed by atoms with Crippen LogP contribution in [-0.4, -0.2) is 59.2 Å². The first-order chi connectivity index (χ1) is 20.6. The van der Waals surface area contributed by atoms with Gasteiger partial charge in [0.15, 0.2) is 23.0 Å². The highest BCUT2D eigenvalue weighted by atomic mass is 35.5. The molecule has 1 aromatic carbocycles. The van der Waals surface area contributed by atoms with Crippen molar-refractivity contribution in [3.8, 4) is 11.5 Å². The number of nitrogens with zero attached hydrogens (tertiary/aromatic N) is 8. The van der Waals surface area contributed by atoms with Crippen LogP contribution in [0.4, 0.5) is 21.8 Å². The van der Waals surface area contributed by atoms with Crippen LogP contribution in [0, 0.1) is 11.7 Å². The Balaban J connectivity index is 1.16. The van der Waals surface area contributed by atoms with Gasteiger partial charge in [-0.1, -0.05) is 11.6 Å². The van der Waals surface area contributed by atoms with Gasteiger partial charge in [0.2, 0.25) is 5.95 Å². The second-order valence-corrected chi connectivity index (χ2v) is 11.7. The number of benzene rings is 1. The van der Waals surface area contributed by atoms with Crippen molar-refractivity contribution in [2.24, 2.45) is 5.92 Å². The first-order valence-electron chi connectivity index (χ1n) is 13.8. The van der Waals surface area contributed by atoms with Gasteiger partial charge >= 0.3 is 5.97 Å². The molecule has 43 heavy (non-hydrogen) atoms. The predicted molar refractivity (Wildman–Crippen MR) is 158 cm³/mol. The van der Waals surface area contributed by atoms with Gasteiger partial charge in [0.25, 0.3) is 0 Å². The Morgan fingerprint density at radius 3 is 2.70 bits per heavy atom. The van der Waals surface area contributed by atoms with E-state index in [2.05, 4.69) is 35.3 Å². The number of piperidine rings is 1. The fourth-order valence-corrected chi connectivity index (χ4v) is 5.14. The number of esters is 1. The van der Waals surface area contributed by atoms with Gasteiger partial charge in [-0.25, -0.2) is 33.8 Å². The van der Waals surface area contributed by atoms with Gasteiger partial charge in [-0.05, 0) is 51.7 Å². The number of nitrogens with one attached hydrogen (secondary N) is 1. The lowest BCUT2D eigenvalue weighted by Crippen LogP contribution is -2.36. The molecule has 1 fully saturated rings. The van der Waals surface area contributed by atoms with Crippen LogP contribution in [0.5, 0.6) is 11.5 Å². The molecule has 5 aromatic rings. The Morgan fingerprint density at radius 2 is 1.93 bits per heavy atom. The van der Waals surface area contributed by atoms with Gasteiger partial charge in [-0.15, -0.1) is 0 Å². The van der Waals surface area contributed by atoms with E-state index in [0.29, 0.717) is 59.4 Å². The smallest absolute Gasteiger partial charge is 0.306 e. The Hall–Kier alpha value is -4.65. The summed E-state index contributed by atoms with van der Waals surface area (Å²) < 4.78 is 28.0. The maximum Gasteiger partial charge on any atom is 0.306 e. The number of halogens is 2. The number of rotatable bonds is 7. The van der Waals surface area contributed by atoms with Crippen molar-refractivity contribution in [2.75, 3.05) is 23.3 Å². The molecule has 5 heterocycles. The molecule has 0 atom stereocenters. The van der Waals surface area contributed by atoms with Crippen molar-refractivity contribution in [1.82, 2.24) is 34.5 Å². The highest BCUT2D eigenvalue weighted by molar-refractivity contribution is 6.32. The maximum atomic E-state index is 15.2. The molecule has 0 saturated carbocycles. The van der Waals surface area contributed by atoms with Crippen LogP contribution in [-0.2, 0) is 9.53 Å². The minimum atomic E-state index is -0.667. The largest absolute Gasteiger partial charge is 0.460 e. The third kappa shape index (κ3) is 6.56. The molecule has 0 spiro atoms. The lowest BCUT2D eigenvalue weighted by molar-refractivity contribution is -0.156. The number of hydrogen-bond acceptors (Lipinski definition) is 11. The highest BCUT2D eigenvalue weighted by Gasteiger charge is 2.26. The third-order valence-corrected chi connectivity index (χ3v) is 7.15. The molecular formula is C29H29ClFN9O3. The van der Waals surface area contributed by atoms with Crippen LogP contribution in [0.2, 0.25) is 5.02 Å². The van der Waals surface area contributed by atoms with Crippen molar-refractivity contribution in [2.45, 2.75) is 45.6 Å². The lowest BCUT2D eigenvalue weighted by atomic mass is 9.93. The van der Waals surface area contributed by atoms with Gasteiger partial charge in [0, 0.05) is 43.5 Å². The van der Waals surface area contributed by atoms with E-state index in [1.807, 2.05) is 20.8 Å². The normalized spacial score (nSPS) is 14.3. The summed E-state index contributed by atoms with van der Waals surface area (Å²) in [5.74, 6) is 0.535. The first kappa shape index (κ1) is 28.5. The molecule has 6 rings (SSSR count). The number of aromatic nitrogens is 7. The standard InChI is InChI=1S/C29H29ClFN9O3/c1-29(2,3)43-24(41)10-17-4-7-39(8-5-17)28-32-14-22-25(38-28)27(35-15-33-22)37-18-11-20(30)26(21(31)12-18)42-19-6-9-40-23(13-19)34-16-36-40/h6,9,11-17H,4-5,7-8,10H2,1-3H3,(H,33,35,37). The number of anilines is 3. The summed E-state index contributed by atoms with van der Waals surface area (Å²) >= 11 is 6.44. The van der Waals surface area contributed by atoms with E-state index in [1.54, 1.807) is 35.1 Å². The number of carbonyl (C=O) groups excluding carboxylic acids is 1. The summed E-state index contributed by atoms with van der Waals surface area (Å²) in [6.07, 6.45) is 8.11. The molecule has 1 saturated heterocycles. The van der Waals surface area contributed by atoms with Crippen LogP contribution >= 0.6 is 11.6 Å². The minimum absolute atomic E-state index is 0.0618. The average Bonchev–Trinajstić information content (AvgIpc) is 3.42.